The van der Waals surface area contributed by atoms with E-state index in [0.717, 1.165) is 19.5 Å². The molecule has 1 aromatic rings. The van der Waals surface area contributed by atoms with Gasteiger partial charge in [0, 0.05) is 30.8 Å². The lowest BCUT2D eigenvalue weighted by atomic mass is 10.2. The maximum atomic E-state index is 11.6. The van der Waals surface area contributed by atoms with Crippen LogP contribution in [0, 0.1) is 10.1 Å². The van der Waals surface area contributed by atoms with E-state index < -0.39 is 4.92 Å². The molecule has 2 N–H and O–H groups in total. The minimum absolute atomic E-state index is 0.0163. The first-order valence-corrected chi connectivity index (χ1v) is 6.09. The van der Waals surface area contributed by atoms with Crippen molar-refractivity contribution in [3.05, 3.63) is 46.0 Å². The van der Waals surface area contributed by atoms with Crippen LogP contribution in [0.1, 0.15) is 12.0 Å². The predicted octanol–water partition coefficient (Wildman–Crippen LogP) is 1.09. The SMILES string of the molecule is O=C(/C=C/c1cccc([N+](=O)[O-])c1)NC1CCNC1. The number of nitrogens with one attached hydrogen (secondary N) is 2. The topological polar surface area (TPSA) is 84.3 Å². The summed E-state index contributed by atoms with van der Waals surface area (Å²) in [6.45, 7) is 1.70. The van der Waals surface area contributed by atoms with Crippen molar-refractivity contribution in [1.29, 1.82) is 0 Å². The average Bonchev–Trinajstić information content (AvgIpc) is 2.89. The van der Waals surface area contributed by atoms with Crippen LogP contribution in [0.3, 0.4) is 0 Å². The van der Waals surface area contributed by atoms with Crippen molar-refractivity contribution in [3.8, 4) is 0 Å². The molecule has 0 aliphatic carbocycles. The van der Waals surface area contributed by atoms with Crippen molar-refractivity contribution < 1.29 is 9.72 Å². The van der Waals surface area contributed by atoms with Gasteiger partial charge in [0.2, 0.25) is 5.91 Å². The van der Waals surface area contributed by atoms with Crippen LogP contribution in [0.5, 0.6) is 0 Å². The summed E-state index contributed by atoms with van der Waals surface area (Å²) >= 11 is 0. The van der Waals surface area contributed by atoms with E-state index in [1.54, 1.807) is 18.2 Å². The first-order valence-electron chi connectivity index (χ1n) is 6.09. The molecule has 1 aliphatic rings. The van der Waals surface area contributed by atoms with Crippen molar-refractivity contribution in [3.63, 3.8) is 0 Å². The van der Waals surface area contributed by atoms with Gasteiger partial charge >= 0.3 is 0 Å². The molecule has 1 heterocycles. The Bertz CT molecular complexity index is 508. The molecule has 1 amide bonds. The number of nitro groups is 1. The fraction of sp³-hybridized carbons (Fsp3) is 0.308. The van der Waals surface area contributed by atoms with Gasteiger partial charge in [-0.3, -0.25) is 14.9 Å². The van der Waals surface area contributed by atoms with Gasteiger partial charge < -0.3 is 10.6 Å². The van der Waals surface area contributed by atoms with Crippen molar-refractivity contribution in [2.24, 2.45) is 0 Å². The first kappa shape index (κ1) is 13.2. The van der Waals surface area contributed by atoms with E-state index in [0.29, 0.717) is 5.56 Å². The van der Waals surface area contributed by atoms with Crippen LogP contribution < -0.4 is 10.6 Å². The van der Waals surface area contributed by atoms with E-state index in [2.05, 4.69) is 10.6 Å². The summed E-state index contributed by atoms with van der Waals surface area (Å²) < 4.78 is 0. The Morgan fingerprint density at radius 2 is 2.37 bits per heavy atom. The highest BCUT2D eigenvalue weighted by Crippen LogP contribution is 2.14. The summed E-state index contributed by atoms with van der Waals surface area (Å²) in [4.78, 5) is 21.8. The number of non-ortho nitro benzene ring substituents is 1. The molecule has 1 unspecified atom stereocenters. The number of nitro benzene ring substituents is 1. The van der Waals surface area contributed by atoms with Crippen LogP contribution in [0.25, 0.3) is 6.08 Å². The van der Waals surface area contributed by atoms with Gasteiger partial charge in [0.05, 0.1) is 4.92 Å². The molecule has 0 aromatic heterocycles. The number of hydrogen-bond donors (Lipinski definition) is 2. The number of hydrogen-bond acceptors (Lipinski definition) is 4. The summed E-state index contributed by atoms with van der Waals surface area (Å²) in [5.41, 5.74) is 0.649. The van der Waals surface area contributed by atoms with Gasteiger partial charge in [-0.1, -0.05) is 12.1 Å². The Morgan fingerprint density at radius 1 is 1.53 bits per heavy atom. The van der Waals surface area contributed by atoms with Crippen molar-refractivity contribution in [2.45, 2.75) is 12.5 Å². The Kier molecular flexibility index (Phi) is 4.25. The molecule has 0 bridgehead atoms. The predicted molar refractivity (Wildman–Crippen MR) is 71.5 cm³/mol. The third-order valence-electron chi connectivity index (χ3n) is 2.91. The third kappa shape index (κ3) is 3.89. The summed E-state index contributed by atoms with van der Waals surface area (Å²) in [6, 6.07) is 6.33. The number of nitrogens with zero attached hydrogens (tertiary/aromatic N) is 1. The van der Waals surface area contributed by atoms with Gasteiger partial charge in [-0.15, -0.1) is 0 Å². The average molecular weight is 261 g/mol. The fourth-order valence-corrected chi connectivity index (χ4v) is 1.94. The second-order valence-electron chi connectivity index (χ2n) is 4.38. The van der Waals surface area contributed by atoms with E-state index in [1.165, 1.54) is 18.2 Å². The Morgan fingerprint density at radius 3 is 3.05 bits per heavy atom. The zero-order valence-electron chi connectivity index (χ0n) is 10.3. The number of carbonyl (C=O) groups excluding carboxylic acids is 1. The van der Waals surface area contributed by atoms with Crippen molar-refractivity contribution >= 4 is 17.7 Å². The maximum Gasteiger partial charge on any atom is 0.270 e. The summed E-state index contributed by atoms with van der Waals surface area (Å²) in [5.74, 6) is -0.180. The number of benzene rings is 1. The molecule has 19 heavy (non-hydrogen) atoms. The normalized spacial score (nSPS) is 18.6. The molecule has 1 atom stereocenters. The molecular formula is C13H15N3O3. The van der Waals surface area contributed by atoms with E-state index in [1.807, 2.05) is 0 Å². The highest BCUT2D eigenvalue weighted by atomic mass is 16.6. The second-order valence-corrected chi connectivity index (χ2v) is 4.38. The van der Waals surface area contributed by atoms with Gasteiger partial charge in [-0.05, 0) is 24.6 Å². The maximum absolute atomic E-state index is 11.6. The lowest BCUT2D eigenvalue weighted by Crippen LogP contribution is -2.34. The Hall–Kier alpha value is -2.21. The van der Waals surface area contributed by atoms with E-state index >= 15 is 0 Å². The molecule has 0 radical (unpaired) electrons. The van der Waals surface area contributed by atoms with Gasteiger partial charge in [0.1, 0.15) is 0 Å². The van der Waals surface area contributed by atoms with Gasteiger partial charge in [0.15, 0.2) is 0 Å². The first-order chi connectivity index (χ1) is 9.15. The van der Waals surface area contributed by atoms with Crippen molar-refractivity contribution in [2.75, 3.05) is 13.1 Å². The van der Waals surface area contributed by atoms with E-state index in [4.69, 9.17) is 0 Å². The zero-order valence-corrected chi connectivity index (χ0v) is 10.3. The molecule has 100 valence electrons. The minimum Gasteiger partial charge on any atom is -0.348 e. The van der Waals surface area contributed by atoms with Gasteiger partial charge in [0.25, 0.3) is 5.69 Å². The van der Waals surface area contributed by atoms with Gasteiger partial charge in [-0.2, -0.15) is 0 Å². The molecule has 1 aromatic carbocycles. The molecule has 1 saturated heterocycles. The molecular weight excluding hydrogens is 246 g/mol. The molecule has 1 fully saturated rings. The van der Waals surface area contributed by atoms with Crippen LogP contribution in [0.4, 0.5) is 5.69 Å². The van der Waals surface area contributed by atoms with Crippen molar-refractivity contribution in [1.82, 2.24) is 10.6 Å². The molecule has 0 spiro atoms. The molecule has 6 nitrogen and oxygen atoms in total. The fourth-order valence-electron chi connectivity index (χ4n) is 1.94. The highest BCUT2D eigenvalue weighted by Gasteiger charge is 2.15. The van der Waals surface area contributed by atoms with E-state index in [9.17, 15) is 14.9 Å². The minimum atomic E-state index is -0.457. The van der Waals surface area contributed by atoms with Crippen LogP contribution in [-0.4, -0.2) is 30.0 Å². The Balaban J connectivity index is 1.95. The molecule has 2 rings (SSSR count). The van der Waals surface area contributed by atoms with E-state index in [-0.39, 0.29) is 17.6 Å². The second kappa shape index (κ2) is 6.10. The van der Waals surface area contributed by atoms with Crippen LogP contribution in [-0.2, 0) is 4.79 Å². The summed E-state index contributed by atoms with van der Waals surface area (Å²) in [5, 5.41) is 16.6. The smallest absolute Gasteiger partial charge is 0.270 e. The summed E-state index contributed by atoms with van der Waals surface area (Å²) in [6.07, 6.45) is 3.90. The van der Waals surface area contributed by atoms with Crippen LogP contribution >= 0.6 is 0 Å². The largest absolute Gasteiger partial charge is 0.348 e. The Labute approximate surface area is 110 Å². The molecule has 1 aliphatic heterocycles. The standard InChI is InChI=1S/C13H15N3O3/c17-13(15-11-6-7-14-9-11)5-4-10-2-1-3-12(8-10)16(18)19/h1-5,8,11,14H,6-7,9H2,(H,15,17)/b5-4+. The lowest BCUT2D eigenvalue weighted by molar-refractivity contribution is -0.384. The number of carbonyl (C=O) groups is 1. The zero-order chi connectivity index (χ0) is 13.7. The summed E-state index contributed by atoms with van der Waals surface area (Å²) in [7, 11) is 0. The highest BCUT2D eigenvalue weighted by molar-refractivity contribution is 5.92. The lowest BCUT2D eigenvalue weighted by Gasteiger charge is -2.08. The molecule has 0 saturated carbocycles. The van der Waals surface area contributed by atoms with Gasteiger partial charge in [-0.25, -0.2) is 0 Å². The van der Waals surface area contributed by atoms with Crippen LogP contribution in [0.2, 0.25) is 0 Å². The van der Waals surface area contributed by atoms with Crippen LogP contribution in [0.15, 0.2) is 30.3 Å². The third-order valence-corrected chi connectivity index (χ3v) is 2.91. The molecule has 6 heteroatoms. The number of amides is 1. The number of rotatable bonds is 4. The monoisotopic (exact) mass is 261 g/mol. The quantitative estimate of drug-likeness (QED) is 0.482.